The van der Waals surface area contributed by atoms with Crippen molar-refractivity contribution in [1.29, 1.82) is 5.26 Å². The number of nitrogens with two attached hydrogens (primary N) is 1. The van der Waals surface area contributed by atoms with Crippen molar-refractivity contribution in [3.05, 3.63) is 41.2 Å². The first-order valence-corrected chi connectivity index (χ1v) is 8.11. The summed E-state index contributed by atoms with van der Waals surface area (Å²) in [5.74, 6) is 0.319. The summed E-state index contributed by atoms with van der Waals surface area (Å²) >= 11 is 1.62. The minimum Gasteiger partial charge on any atom is -0.383 e. The first-order chi connectivity index (χ1) is 11.3. The highest BCUT2D eigenvalue weighted by molar-refractivity contribution is 7.18. The lowest BCUT2D eigenvalue weighted by Crippen LogP contribution is -2.26. The van der Waals surface area contributed by atoms with Crippen molar-refractivity contribution in [2.24, 2.45) is 0 Å². The number of hydrogen-bond acceptors (Lipinski definition) is 6. The molecule has 0 aliphatic carbocycles. The van der Waals surface area contributed by atoms with E-state index in [4.69, 9.17) is 5.73 Å². The number of thiophene rings is 1. The molecule has 23 heavy (non-hydrogen) atoms. The summed E-state index contributed by atoms with van der Waals surface area (Å²) in [7, 11) is 0. The lowest BCUT2D eigenvalue weighted by molar-refractivity contribution is 0.632. The lowest BCUT2D eigenvalue weighted by atomic mass is 9.96. The minimum absolute atomic E-state index is 0.319. The van der Waals surface area contributed by atoms with Gasteiger partial charge < -0.3 is 11.1 Å². The average Bonchev–Trinajstić information content (AvgIpc) is 3.24. The summed E-state index contributed by atoms with van der Waals surface area (Å²) in [6, 6.07) is 8.23. The van der Waals surface area contributed by atoms with Gasteiger partial charge in [0.25, 0.3) is 0 Å². The molecule has 4 N–H and O–H groups in total. The number of rotatable bonds is 2. The molecule has 0 fully saturated rings. The van der Waals surface area contributed by atoms with Crippen molar-refractivity contribution in [2.45, 2.75) is 13.0 Å². The highest BCUT2D eigenvalue weighted by atomic mass is 32.1. The molecule has 0 unspecified atom stereocenters. The number of nitrogens with one attached hydrogen (secondary N) is 2. The Balaban J connectivity index is 1.91. The van der Waals surface area contributed by atoms with Gasteiger partial charge in [-0.3, -0.25) is 5.10 Å². The van der Waals surface area contributed by atoms with Gasteiger partial charge in [-0.25, -0.2) is 4.98 Å². The van der Waals surface area contributed by atoms with Crippen LogP contribution in [0.15, 0.2) is 24.4 Å². The number of H-pyrrole nitrogens is 1. The van der Waals surface area contributed by atoms with E-state index >= 15 is 0 Å². The fourth-order valence-electron chi connectivity index (χ4n) is 2.90. The molecule has 7 heteroatoms. The van der Waals surface area contributed by atoms with Crippen molar-refractivity contribution in [2.75, 3.05) is 12.3 Å². The fourth-order valence-corrected chi connectivity index (χ4v) is 3.96. The topological polar surface area (TPSA) is 103 Å². The van der Waals surface area contributed by atoms with Crippen LogP contribution < -0.4 is 11.1 Å². The second-order valence-corrected chi connectivity index (χ2v) is 6.43. The molecule has 0 saturated heterocycles. The largest absolute Gasteiger partial charge is 0.383 e. The second kappa shape index (κ2) is 5.50. The SMILES string of the molecule is N#Cc1c(N)nc2c(c1-c1ccc(-c3ccn[nH]3)s1)CNCC2. The monoisotopic (exact) mass is 322 g/mol. The van der Waals surface area contributed by atoms with Crippen LogP contribution in [-0.4, -0.2) is 21.7 Å². The van der Waals surface area contributed by atoms with Crippen LogP contribution in [0.1, 0.15) is 16.8 Å². The van der Waals surface area contributed by atoms with Gasteiger partial charge in [-0.15, -0.1) is 11.3 Å². The van der Waals surface area contributed by atoms with Gasteiger partial charge in [-0.2, -0.15) is 10.4 Å². The zero-order valence-electron chi connectivity index (χ0n) is 12.3. The summed E-state index contributed by atoms with van der Waals surface area (Å²) in [5, 5.41) is 19.9. The zero-order valence-corrected chi connectivity index (χ0v) is 13.1. The Morgan fingerprint density at radius 3 is 2.91 bits per heavy atom. The Morgan fingerprint density at radius 1 is 1.26 bits per heavy atom. The summed E-state index contributed by atoms with van der Waals surface area (Å²) in [6.45, 7) is 1.60. The number of aromatic amines is 1. The van der Waals surface area contributed by atoms with Crippen LogP contribution in [-0.2, 0) is 13.0 Å². The average molecular weight is 322 g/mol. The Bertz CT molecular complexity index is 904. The number of aromatic nitrogens is 3. The van der Waals surface area contributed by atoms with E-state index in [9.17, 15) is 5.26 Å². The maximum absolute atomic E-state index is 9.55. The molecule has 0 amide bonds. The van der Waals surface area contributed by atoms with Gasteiger partial charge in [0.2, 0.25) is 0 Å². The molecule has 114 valence electrons. The smallest absolute Gasteiger partial charge is 0.142 e. The molecule has 3 aromatic rings. The van der Waals surface area contributed by atoms with Gasteiger partial charge in [-0.05, 0) is 23.8 Å². The molecular weight excluding hydrogens is 308 g/mol. The van der Waals surface area contributed by atoms with Crippen LogP contribution in [0.3, 0.4) is 0 Å². The number of fused-ring (bicyclic) bond motifs is 1. The van der Waals surface area contributed by atoms with E-state index in [1.54, 1.807) is 17.5 Å². The fraction of sp³-hybridized carbons (Fsp3) is 0.188. The molecule has 4 rings (SSSR count). The molecule has 4 heterocycles. The van der Waals surface area contributed by atoms with Crippen LogP contribution in [0.5, 0.6) is 0 Å². The third kappa shape index (κ3) is 2.29. The van der Waals surface area contributed by atoms with Crippen molar-refractivity contribution >= 4 is 17.2 Å². The van der Waals surface area contributed by atoms with E-state index in [0.29, 0.717) is 17.9 Å². The number of nitriles is 1. The summed E-state index contributed by atoms with van der Waals surface area (Å²) in [4.78, 5) is 6.54. The first-order valence-electron chi connectivity index (χ1n) is 7.30. The van der Waals surface area contributed by atoms with Crippen LogP contribution >= 0.6 is 11.3 Å². The van der Waals surface area contributed by atoms with Gasteiger partial charge in [0, 0.05) is 41.8 Å². The van der Waals surface area contributed by atoms with Crippen molar-refractivity contribution < 1.29 is 0 Å². The van der Waals surface area contributed by atoms with E-state index in [0.717, 1.165) is 45.2 Å². The highest BCUT2D eigenvalue weighted by Gasteiger charge is 2.23. The number of anilines is 1. The number of nitrogen functional groups attached to an aromatic ring is 1. The van der Waals surface area contributed by atoms with Crippen LogP contribution in [0.2, 0.25) is 0 Å². The number of pyridine rings is 1. The van der Waals surface area contributed by atoms with Gasteiger partial charge in [0.1, 0.15) is 17.5 Å². The predicted octanol–water partition coefficient (Wildman–Crippen LogP) is 2.30. The summed E-state index contributed by atoms with van der Waals surface area (Å²) in [6.07, 6.45) is 2.56. The third-order valence-corrected chi connectivity index (χ3v) is 5.12. The third-order valence-electron chi connectivity index (χ3n) is 3.98. The summed E-state index contributed by atoms with van der Waals surface area (Å²) in [5.41, 5.74) is 10.4. The lowest BCUT2D eigenvalue weighted by Gasteiger charge is -2.21. The molecular formula is C16H14N6S. The predicted molar refractivity (Wildman–Crippen MR) is 89.7 cm³/mol. The van der Waals surface area contributed by atoms with E-state index in [2.05, 4.69) is 26.6 Å². The maximum Gasteiger partial charge on any atom is 0.142 e. The van der Waals surface area contributed by atoms with E-state index < -0.39 is 0 Å². The molecule has 0 radical (unpaired) electrons. The Morgan fingerprint density at radius 2 is 2.13 bits per heavy atom. The maximum atomic E-state index is 9.55. The highest BCUT2D eigenvalue weighted by Crippen LogP contribution is 2.39. The van der Waals surface area contributed by atoms with Crippen LogP contribution in [0.4, 0.5) is 5.82 Å². The molecule has 0 bridgehead atoms. The zero-order chi connectivity index (χ0) is 15.8. The molecule has 0 spiro atoms. The van der Waals surface area contributed by atoms with Crippen molar-refractivity contribution in [3.63, 3.8) is 0 Å². The van der Waals surface area contributed by atoms with E-state index in [1.807, 2.05) is 18.2 Å². The Kier molecular flexibility index (Phi) is 3.33. The summed E-state index contributed by atoms with van der Waals surface area (Å²) < 4.78 is 0. The Hall–Kier alpha value is -2.69. The molecule has 6 nitrogen and oxygen atoms in total. The molecule has 1 aliphatic heterocycles. The van der Waals surface area contributed by atoms with Gasteiger partial charge >= 0.3 is 0 Å². The molecule has 3 aromatic heterocycles. The van der Waals surface area contributed by atoms with Crippen LogP contribution in [0, 0.1) is 11.3 Å². The van der Waals surface area contributed by atoms with E-state index in [1.165, 1.54) is 0 Å². The van der Waals surface area contributed by atoms with Crippen molar-refractivity contribution in [1.82, 2.24) is 20.5 Å². The van der Waals surface area contributed by atoms with Gasteiger partial charge in [-0.1, -0.05) is 0 Å². The molecule has 0 aromatic carbocycles. The number of nitrogens with zero attached hydrogens (tertiary/aromatic N) is 3. The molecule has 0 saturated carbocycles. The van der Waals surface area contributed by atoms with Gasteiger partial charge in [0.15, 0.2) is 0 Å². The second-order valence-electron chi connectivity index (χ2n) is 5.35. The Labute approximate surface area is 137 Å². The normalized spacial score (nSPS) is 13.5. The molecule has 1 aliphatic rings. The standard InChI is InChI=1S/C16H14N6S/c17-7-9-15(10-8-19-5-3-11(10)21-16(9)18)14-2-1-13(23-14)12-4-6-20-22-12/h1-2,4,6,19H,3,5,8H2,(H2,18,21)(H,20,22). The minimum atomic E-state index is 0.319. The van der Waals surface area contributed by atoms with Crippen molar-refractivity contribution in [3.8, 4) is 27.1 Å². The molecule has 0 atom stereocenters. The number of hydrogen-bond donors (Lipinski definition) is 3. The first kappa shape index (κ1) is 13.9. The van der Waals surface area contributed by atoms with Crippen LogP contribution in [0.25, 0.3) is 21.0 Å². The quantitative estimate of drug-likeness (QED) is 0.671. The van der Waals surface area contributed by atoms with E-state index in [-0.39, 0.29) is 0 Å². The van der Waals surface area contributed by atoms with Gasteiger partial charge in [0.05, 0.1) is 10.6 Å².